The fourth-order valence-corrected chi connectivity index (χ4v) is 3.51. The van der Waals surface area contributed by atoms with Gasteiger partial charge in [0.1, 0.15) is 0 Å². The summed E-state index contributed by atoms with van der Waals surface area (Å²) in [4.78, 5) is 11.0. The summed E-state index contributed by atoms with van der Waals surface area (Å²) in [6.45, 7) is 4.09. The zero-order valence-electron chi connectivity index (χ0n) is 15.4. The monoisotopic (exact) mass is 458 g/mol. The summed E-state index contributed by atoms with van der Waals surface area (Å²) in [5, 5.41) is 22.8. The lowest BCUT2D eigenvalue weighted by atomic mass is 10.1. The van der Waals surface area contributed by atoms with E-state index in [1.54, 1.807) is 46.9 Å². The molecule has 3 aromatic rings. The van der Waals surface area contributed by atoms with Crippen molar-refractivity contribution < 1.29 is 9.90 Å². The highest BCUT2D eigenvalue weighted by molar-refractivity contribution is 9.10. The Balaban J connectivity index is 1.80. The van der Waals surface area contributed by atoms with Crippen LogP contribution in [0.25, 0.3) is 0 Å². The molecule has 0 aliphatic rings. The molecule has 1 N–H and O–H groups in total. The first-order chi connectivity index (χ1) is 13.4. The molecule has 0 atom stereocenters. The van der Waals surface area contributed by atoms with Gasteiger partial charge < -0.3 is 5.11 Å². The van der Waals surface area contributed by atoms with Crippen LogP contribution in [0.5, 0.6) is 0 Å². The molecular formula is C20H19BrN4O2S. The van der Waals surface area contributed by atoms with E-state index in [1.807, 2.05) is 26.0 Å². The largest absolute Gasteiger partial charge is 0.478 e. The highest BCUT2D eigenvalue weighted by Crippen LogP contribution is 2.25. The average Bonchev–Trinajstić information content (AvgIpc) is 3.09. The SMILES string of the molecule is CC(C)c1nnc(SCc2ccc(Br)cc2)n1/N=C\c1ccc(C(=O)O)cc1. The third-order valence-corrected chi connectivity index (χ3v) is 5.43. The third-order valence-electron chi connectivity index (χ3n) is 3.91. The summed E-state index contributed by atoms with van der Waals surface area (Å²) >= 11 is 5.01. The smallest absolute Gasteiger partial charge is 0.335 e. The first-order valence-corrected chi connectivity index (χ1v) is 10.4. The summed E-state index contributed by atoms with van der Waals surface area (Å²) in [6.07, 6.45) is 1.69. The van der Waals surface area contributed by atoms with E-state index in [1.165, 1.54) is 5.56 Å². The zero-order valence-corrected chi connectivity index (χ0v) is 17.8. The number of rotatable bonds is 7. The maximum atomic E-state index is 11.0. The zero-order chi connectivity index (χ0) is 20.1. The van der Waals surface area contributed by atoms with E-state index in [2.05, 4.69) is 43.4 Å². The summed E-state index contributed by atoms with van der Waals surface area (Å²) < 4.78 is 2.80. The topological polar surface area (TPSA) is 80.4 Å². The first kappa shape index (κ1) is 20.3. The van der Waals surface area contributed by atoms with Gasteiger partial charge in [-0.1, -0.05) is 65.8 Å². The number of aromatic carboxylic acids is 1. The van der Waals surface area contributed by atoms with Crippen LogP contribution in [0, 0.1) is 0 Å². The quantitative estimate of drug-likeness (QED) is 0.396. The fraction of sp³-hybridized carbons (Fsp3) is 0.200. The molecule has 0 amide bonds. The standard InChI is InChI=1S/C20H19BrN4O2S/c1-13(2)18-23-24-20(28-12-15-5-9-17(21)10-6-15)25(18)22-11-14-3-7-16(8-4-14)19(26)27/h3-11,13H,12H2,1-2H3,(H,26,27)/b22-11-. The van der Waals surface area contributed by atoms with Crippen LogP contribution in [0.2, 0.25) is 0 Å². The summed E-state index contributed by atoms with van der Waals surface area (Å²) in [6, 6.07) is 14.7. The van der Waals surface area contributed by atoms with Gasteiger partial charge in [0.15, 0.2) is 5.82 Å². The van der Waals surface area contributed by atoms with Crippen molar-refractivity contribution in [1.82, 2.24) is 14.9 Å². The molecule has 6 nitrogen and oxygen atoms in total. The molecule has 0 radical (unpaired) electrons. The predicted octanol–water partition coefficient (Wildman–Crippen LogP) is 5.04. The Morgan fingerprint density at radius 3 is 2.46 bits per heavy atom. The van der Waals surface area contributed by atoms with Crippen molar-refractivity contribution >= 4 is 39.9 Å². The molecule has 144 valence electrons. The Morgan fingerprint density at radius 1 is 1.18 bits per heavy atom. The van der Waals surface area contributed by atoms with E-state index in [0.717, 1.165) is 21.6 Å². The third kappa shape index (κ3) is 5.08. The Hall–Kier alpha value is -2.45. The van der Waals surface area contributed by atoms with Gasteiger partial charge in [-0.3, -0.25) is 0 Å². The van der Waals surface area contributed by atoms with Gasteiger partial charge in [-0.25, -0.2) is 4.79 Å². The van der Waals surface area contributed by atoms with E-state index in [0.29, 0.717) is 5.16 Å². The van der Waals surface area contributed by atoms with Crippen molar-refractivity contribution in [2.45, 2.75) is 30.7 Å². The van der Waals surface area contributed by atoms with Gasteiger partial charge >= 0.3 is 5.97 Å². The Labute approximate surface area is 175 Å². The Bertz CT molecular complexity index is 982. The van der Waals surface area contributed by atoms with Crippen LogP contribution in [0.3, 0.4) is 0 Å². The van der Waals surface area contributed by atoms with Gasteiger partial charge in [0.25, 0.3) is 0 Å². The van der Waals surface area contributed by atoms with Crippen LogP contribution in [0.4, 0.5) is 0 Å². The second-order valence-corrected chi connectivity index (χ2v) is 8.25. The molecule has 0 spiro atoms. The summed E-state index contributed by atoms with van der Waals surface area (Å²) in [7, 11) is 0. The minimum absolute atomic E-state index is 0.168. The molecule has 0 saturated heterocycles. The van der Waals surface area contributed by atoms with Gasteiger partial charge in [0.05, 0.1) is 11.8 Å². The molecule has 2 aromatic carbocycles. The van der Waals surface area contributed by atoms with Crippen LogP contribution >= 0.6 is 27.7 Å². The Morgan fingerprint density at radius 2 is 1.86 bits per heavy atom. The molecule has 0 fully saturated rings. The van der Waals surface area contributed by atoms with E-state index >= 15 is 0 Å². The lowest BCUT2D eigenvalue weighted by molar-refractivity contribution is 0.0697. The number of carboxylic acids is 1. The minimum Gasteiger partial charge on any atom is -0.478 e. The second-order valence-electron chi connectivity index (χ2n) is 6.39. The van der Waals surface area contributed by atoms with Gasteiger partial charge in [-0.2, -0.15) is 9.78 Å². The van der Waals surface area contributed by atoms with Crippen LogP contribution < -0.4 is 0 Å². The van der Waals surface area contributed by atoms with Gasteiger partial charge in [0, 0.05) is 16.1 Å². The number of thioether (sulfide) groups is 1. The number of nitrogens with zero attached hydrogens (tertiary/aromatic N) is 4. The molecule has 28 heavy (non-hydrogen) atoms. The normalized spacial score (nSPS) is 11.4. The van der Waals surface area contributed by atoms with Crippen molar-refractivity contribution in [2.24, 2.45) is 5.10 Å². The summed E-state index contributed by atoms with van der Waals surface area (Å²) in [5.74, 6) is 0.751. The van der Waals surface area contributed by atoms with Crippen LogP contribution in [0.15, 0.2) is 63.3 Å². The fourth-order valence-electron chi connectivity index (χ4n) is 2.40. The van der Waals surface area contributed by atoms with Crippen molar-refractivity contribution in [3.8, 4) is 0 Å². The number of hydrogen-bond donors (Lipinski definition) is 1. The van der Waals surface area contributed by atoms with Gasteiger partial charge in [-0.15, -0.1) is 10.2 Å². The van der Waals surface area contributed by atoms with Crippen LogP contribution in [-0.4, -0.2) is 32.2 Å². The summed E-state index contributed by atoms with van der Waals surface area (Å²) in [5.41, 5.74) is 2.23. The average molecular weight is 459 g/mol. The van der Waals surface area contributed by atoms with Gasteiger partial charge in [-0.05, 0) is 35.4 Å². The number of carboxylic acid groups (broad SMARTS) is 1. The highest BCUT2D eigenvalue weighted by atomic mass is 79.9. The molecule has 0 unspecified atom stereocenters. The number of carbonyl (C=O) groups is 1. The van der Waals surface area contributed by atoms with E-state index in [4.69, 9.17) is 5.11 Å². The second kappa shape index (κ2) is 9.16. The van der Waals surface area contributed by atoms with E-state index in [9.17, 15) is 4.79 Å². The molecule has 0 saturated carbocycles. The number of hydrogen-bond acceptors (Lipinski definition) is 5. The molecule has 0 aliphatic heterocycles. The van der Waals surface area contributed by atoms with E-state index in [-0.39, 0.29) is 11.5 Å². The minimum atomic E-state index is -0.948. The molecule has 1 heterocycles. The maximum Gasteiger partial charge on any atom is 0.335 e. The molecule has 3 rings (SSSR count). The lowest BCUT2D eigenvalue weighted by Crippen LogP contribution is -2.02. The maximum absolute atomic E-state index is 11.0. The molecule has 0 aliphatic carbocycles. The van der Waals surface area contributed by atoms with Crippen molar-refractivity contribution in [3.05, 3.63) is 75.5 Å². The van der Waals surface area contributed by atoms with Crippen LogP contribution in [0.1, 0.15) is 47.1 Å². The molecule has 1 aromatic heterocycles. The Kier molecular flexibility index (Phi) is 6.64. The van der Waals surface area contributed by atoms with Crippen molar-refractivity contribution in [3.63, 3.8) is 0 Å². The number of aromatic nitrogens is 3. The molecule has 0 bridgehead atoms. The lowest BCUT2D eigenvalue weighted by Gasteiger charge is -2.07. The van der Waals surface area contributed by atoms with Crippen molar-refractivity contribution in [2.75, 3.05) is 0 Å². The van der Waals surface area contributed by atoms with Gasteiger partial charge in [0.2, 0.25) is 5.16 Å². The van der Waals surface area contributed by atoms with Crippen molar-refractivity contribution in [1.29, 1.82) is 0 Å². The molecule has 8 heteroatoms. The number of benzene rings is 2. The first-order valence-electron chi connectivity index (χ1n) is 8.64. The number of halogens is 1. The predicted molar refractivity (Wildman–Crippen MR) is 114 cm³/mol. The highest BCUT2D eigenvalue weighted by Gasteiger charge is 2.15. The molecular weight excluding hydrogens is 440 g/mol. The van der Waals surface area contributed by atoms with Crippen LogP contribution in [-0.2, 0) is 5.75 Å². The van der Waals surface area contributed by atoms with E-state index < -0.39 is 5.97 Å².